The van der Waals surface area contributed by atoms with Crippen LogP contribution in [-0.4, -0.2) is 43.0 Å². The van der Waals surface area contributed by atoms with E-state index >= 15 is 0 Å². The molecule has 39 heavy (non-hydrogen) atoms. The number of methoxy groups -OCH3 is 2. The molecule has 3 aromatic carbocycles. The van der Waals surface area contributed by atoms with E-state index in [-0.39, 0.29) is 36.6 Å². The van der Waals surface area contributed by atoms with Crippen molar-refractivity contribution in [2.24, 2.45) is 0 Å². The average Bonchev–Trinajstić information content (AvgIpc) is 3.48. The number of carbonyl (C=O) groups excluding carboxylic acids is 2. The van der Waals surface area contributed by atoms with Gasteiger partial charge in [0.25, 0.3) is 0 Å². The first kappa shape index (κ1) is 28.1. The zero-order chi connectivity index (χ0) is 27.6. The smallest absolute Gasteiger partial charge is 0.243 e. The molecule has 1 aliphatic rings. The van der Waals surface area contributed by atoms with Crippen molar-refractivity contribution in [3.05, 3.63) is 95.3 Å². The van der Waals surface area contributed by atoms with E-state index in [1.165, 1.54) is 12.1 Å². The molecule has 0 radical (unpaired) electrons. The number of hydrogen-bond donors (Lipinski definition) is 1. The van der Waals surface area contributed by atoms with Gasteiger partial charge in [-0.25, -0.2) is 4.39 Å². The lowest BCUT2D eigenvalue weighted by molar-refractivity contribution is -0.141. The van der Waals surface area contributed by atoms with Crippen molar-refractivity contribution in [2.75, 3.05) is 14.2 Å². The Morgan fingerprint density at radius 3 is 2.23 bits per heavy atom. The molecule has 0 saturated heterocycles. The maximum absolute atomic E-state index is 13.9. The molecule has 0 aliphatic heterocycles. The number of carbonyl (C=O) groups is 2. The number of nitrogens with one attached hydrogen (secondary N) is 1. The van der Waals surface area contributed by atoms with Crippen molar-refractivity contribution in [1.82, 2.24) is 10.2 Å². The highest BCUT2D eigenvalue weighted by Gasteiger charge is 2.32. The Bertz CT molecular complexity index is 1230. The number of aryl methyl sites for hydroxylation is 1. The van der Waals surface area contributed by atoms with Crippen LogP contribution < -0.4 is 14.8 Å². The molecule has 1 fully saturated rings. The molecule has 1 aliphatic carbocycles. The van der Waals surface area contributed by atoms with Crippen LogP contribution in [-0.2, 0) is 29.0 Å². The lowest BCUT2D eigenvalue weighted by Gasteiger charge is -2.32. The molecule has 0 heterocycles. The third-order valence-corrected chi connectivity index (χ3v) is 7.31. The first-order valence-corrected chi connectivity index (χ1v) is 13.6. The minimum absolute atomic E-state index is 0.130. The lowest BCUT2D eigenvalue weighted by atomic mass is 10.0. The molecule has 1 N–H and O–H groups in total. The zero-order valence-corrected chi connectivity index (χ0v) is 22.7. The Hall–Kier alpha value is -3.87. The van der Waals surface area contributed by atoms with Crippen molar-refractivity contribution in [2.45, 2.75) is 63.6 Å². The minimum Gasteiger partial charge on any atom is -0.493 e. The Morgan fingerprint density at radius 1 is 0.897 bits per heavy atom. The van der Waals surface area contributed by atoms with Gasteiger partial charge in [-0.3, -0.25) is 9.59 Å². The topological polar surface area (TPSA) is 67.9 Å². The Balaban J connectivity index is 1.60. The fourth-order valence-corrected chi connectivity index (χ4v) is 5.14. The molecule has 0 unspecified atom stereocenters. The van der Waals surface area contributed by atoms with Gasteiger partial charge in [0.1, 0.15) is 11.9 Å². The Labute approximate surface area is 230 Å². The van der Waals surface area contributed by atoms with E-state index in [0.29, 0.717) is 24.3 Å². The number of ether oxygens (including phenoxy) is 2. The Morgan fingerprint density at radius 2 is 1.56 bits per heavy atom. The highest BCUT2D eigenvalue weighted by atomic mass is 19.1. The zero-order valence-electron chi connectivity index (χ0n) is 22.7. The van der Waals surface area contributed by atoms with E-state index in [2.05, 4.69) is 5.32 Å². The second-order valence-corrected chi connectivity index (χ2v) is 10.0. The predicted molar refractivity (Wildman–Crippen MR) is 149 cm³/mol. The molecule has 1 atom stereocenters. The van der Waals surface area contributed by atoms with Crippen LogP contribution >= 0.6 is 0 Å². The minimum atomic E-state index is -0.698. The van der Waals surface area contributed by atoms with Gasteiger partial charge in [-0.05, 0) is 60.2 Å². The van der Waals surface area contributed by atoms with Gasteiger partial charge in [0.2, 0.25) is 11.8 Å². The summed E-state index contributed by atoms with van der Waals surface area (Å²) >= 11 is 0. The first-order valence-electron chi connectivity index (χ1n) is 13.6. The first-order chi connectivity index (χ1) is 19.0. The van der Waals surface area contributed by atoms with Crippen LogP contribution in [0.15, 0.2) is 72.8 Å². The van der Waals surface area contributed by atoms with E-state index in [1.807, 2.05) is 48.5 Å². The van der Waals surface area contributed by atoms with Crippen LogP contribution in [0.2, 0.25) is 0 Å². The third-order valence-electron chi connectivity index (χ3n) is 7.31. The summed E-state index contributed by atoms with van der Waals surface area (Å²) < 4.78 is 24.4. The number of hydrogen-bond acceptors (Lipinski definition) is 4. The monoisotopic (exact) mass is 532 g/mol. The second kappa shape index (κ2) is 13.8. The maximum atomic E-state index is 13.9. The summed E-state index contributed by atoms with van der Waals surface area (Å²) in [5.74, 6) is 0.592. The number of halogens is 1. The molecule has 0 spiro atoms. The molecular formula is C32H37FN2O4. The van der Waals surface area contributed by atoms with Gasteiger partial charge in [0.15, 0.2) is 11.5 Å². The predicted octanol–water partition coefficient (Wildman–Crippen LogP) is 5.47. The standard InChI is InChI=1S/C32H37FN2O4/c1-38-29-18-14-24(21-30(29)39-2)15-19-31(36)35(22-25-12-16-26(33)17-13-25)28(20-23-8-4-3-5-9-23)32(37)34-27-10-6-7-11-27/h3-5,8-9,12-14,16-18,21,27-28H,6-7,10-11,15,19-20,22H2,1-2H3,(H,34,37)/t28-/m1/s1. The van der Waals surface area contributed by atoms with Crippen LogP contribution in [0.25, 0.3) is 0 Å². The van der Waals surface area contributed by atoms with Gasteiger partial charge < -0.3 is 19.7 Å². The van der Waals surface area contributed by atoms with E-state index in [9.17, 15) is 14.0 Å². The highest BCUT2D eigenvalue weighted by molar-refractivity contribution is 5.88. The Kier molecular flexibility index (Phi) is 9.95. The molecular weight excluding hydrogens is 495 g/mol. The fourth-order valence-electron chi connectivity index (χ4n) is 5.14. The number of rotatable bonds is 12. The molecule has 206 valence electrons. The highest BCUT2D eigenvalue weighted by Crippen LogP contribution is 2.28. The van der Waals surface area contributed by atoms with Crippen LogP contribution in [0.1, 0.15) is 48.8 Å². The normalized spacial score (nSPS) is 14.0. The number of amides is 2. The van der Waals surface area contributed by atoms with E-state index < -0.39 is 6.04 Å². The SMILES string of the molecule is COc1ccc(CCC(=O)N(Cc2ccc(F)cc2)[C@H](Cc2ccccc2)C(=O)NC2CCCC2)cc1OC. The molecule has 7 heteroatoms. The van der Waals surface area contributed by atoms with Crippen LogP contribution in [0.3, 0.4) is 0 Å². The lowest BCUT2D eigenvalue weighted by Crippen LogP contribution is -2.52. The van der Waals surface area contributed by atoms with Gasteiger partial charge in [-0.2, -0.15) is 0 Å². The summed E-state index contributed by atoms with van der Waals surface area (Å²) in [5.41, 5.74) is 2.67. The molecule has 4 rings (SSSR count). The average molecular weight is 533 g/mol. The molecule has 0 aromatic heterocycles. The van der Waals surface area contributed by atoms with Crippen LogP contribution in [0.4, 0.5) is 4.39 Å². The largest absolute Gasteiger partial charge is 0.493 e. The van der Waals surface area contributed by atoms with Crippen molar-refractivity contribution < 1.29 is 23.5 Å². The van der Waals surface area contributed by atoms with Gasteiger partial charge in [0.05, 0.1) is 14.2 Å². The van der Waals surface area contributed by atoms with E-state index in [4.69, 9.17) is 9.47 Å². The summed E-state index contributed by atoms with van der Waals surface area (Å²) in [6.45, 7) is 0.209. The van der Waals surface area contributed by atoms with Crippen LogP contribution in [0.5, 0.6) is 11.5 Å². The summed E-state index contributed by atoms with van der Waals surface area (Å²) in [6.07, 6.45) is 5.17. The summed E-state index contributed by atoms with van der Waals surface area (Å²) in [4.78, 5) is 29.2. The van der Waals surface area contributed by atoms with Gasteiger partial charge in [-0.15, -0.1) is 0 Å². The van der Waals surface area contributed by atoms with Gasteiger partial charge in [-0.1, -0.05) is 61.4 Å². The summed E-state index contributed by atoms with van der Waals surface area (Å²) in [7, 11) is 3.16. The van der Waals surface area contributed by atoms with E-state index in [0.717, 1.165) is 42.4 Å². The van der Waals surface area contributed by atoms with Crippen LogP contribution in [0, 0.1) is 5.82 Å². The molecule has 1 saturated carbocycles. The van der Waals surface area contributed by atoms with Crippen molar-refractivity contribution in [1.29, 1.82) is 0 Å². The molecule has 6 nitrogen and oxygen atoms in total. The van der Waals surface area contributed by atoms with Crippen molar-refractivity contribution in [3.63, 3.8) is 0 Å². The van der Waals surface area contributed by atoms with Crippen molar-refractivity contribution in [3.8, 4) is 11.5 Å². The molecule has 2 amide bonds. The quantitative estimate of drug-likeness (QED) is 0.336. The van der Waals surface area contributed by atoms with Crippen molar-refractivity contribution >= 4 is 11.8 Å². The maximum Gasteiger partial charge on any atom is 0.243 e. The van der Waals surface area contributed by atoms with E-state index in [1.54, 1.807) is 31.3 Å². The number of nitrogens with zero attached hydrogens (tertiary/aromatic N) is 1. The van der Waals surface area contributed by atoms with Gasteiger partial charge in [0, 0.05) is 25.4 Å². The number of benzene rings is 3. The molecule has 0 bridgehead atoms. The van der Waals surface area contributed by atoms with Gasteiger partial charge >= 0.3 is 0 Å². The summed E-state index contributed by atoms with van der Waals surface area (Å²) in [5, 5.41) is 3.21. The fraction of sp³-hybridized carbons (Fsp3) is 0.375. The second-order valence-electron chi connectivity index (χ2n) is 10.0. The summed E-state index contributed by atoms with van der Waals surface area (Å²) in [6, 6.07) is 20.9. The molecule has 3 aromatic rings. The third kappa shape index (κ3) is 7.82.